The molecule has 0 bridgehead atoms. The quantitative estimate of drug-likeness (QED) is 0.884. The van der Waals surface area contributed by atoms with Crippen LogP contribution in [-0.4, -0.2) is 7.05 Å². The molecule has 0 saturated heterocycles. The van der Waals surface area contributed by atoms with Gasteiger partial charge in [0.2, 0.25) is 0 Å². The summed E-state index contributed by atoms with van der Waals surface area (Å²) in [4.78, 5) is 2.20. The van der Waals surface area contributed by atoms with Gasteiger partial charge in [0.25, 0.3) is 0 Å². The van der Waals surface area contributed by atoms with Gasteiger partial charge in [0.1, 0.15) is 0 Å². The van der Waals surface area contributed by atoms with Crippen molar-refractivity contribution in [2.24, 2.45) is 5.73 Å². The third-order valence-corrected chi connectivity index (χ3v) is 3.92. The van der Waals surface area contributed by atoms with Crippen molar-refractivity contribution < 1.29 is 0 Å². The lowest BCUT2D eigenvalue weighted by molar-refractivity contribution is 0.694. The smallest absolute Gasteiger partial charge is 0.0455 e. The van der Waals surface area contributed by atoms with Gasteiger partial charge in [0, 0.05) is 30.3 Å². The Hall–Kier alpha value is -1.51. The van der Waals surface area contributed by atoms with Crippen LogP contribution >= 0.6 is 11.6 Å². The maximum atomic E-state index is 6.23. The lowest BCUT2D eigenvalue weighted by Crippen LogP contribution is -2.21. The molecule has 2 N–H and O–H groups in total. The first-order chi connectivity index (χ1) is 9.63. The molecule has 2 nitrogen and oxygen atoms in total. The molecule has 2 aromatic carbocycles. The average molecular weight is 289 g/mol. The van der Waals surface area contributed by atoms with Gasteiger partial charge in [-0.2, -0.15) is 0 Å². The van der Waals surface area contributed by atoms with E-state index in [1.807, 2.05) is 30.3 Å². The monoisotopic (exact) mass is 288 g/mol. The minimum absolute atomic E-state index is 0.0693. The van der Waals surface area contributed by atoms with Gasteiger partial charge < -0.3 is 10.6 Å². The van der Waals surface area contributed by atoms with E-state index in [2.05, 4.69) is 37.1 Å². The van der Waals surface area contributed by atoms with Crippen molar-refractivity contribution in [3.05, 3.63) is 64.7 Å². The third kappa shape index (κ3) is 3.33. The predicted octanol–water partition coefficient (Wildman–Crippen LogP) is 4.39. The highest BCUT2D eigenvalue weighted by atomic mass is 35.5. The zero-order valence-corrected chi connectivity index (χ0v) is 12.8. The summed E-state index contributed by atoms with van der Waals surface area (Å²) in [6.07, 6.45) is 0.928. The van der Waals surface area contributed by atoms with Crippen molar-refractivity contribution in [2.45, 2.75) is 25.9 Å². The number of benzene rings is 2. The zero-order chi connectivity index (χ0) is 14.5. The Kier molecular flexibility index (Phi) is 5.05. The van der Waals surface area contributed by atoms with E-state index in [9.17, 15) is 0 Å². The summed E-state index contributed by atoms with van der Waals surface area (Å²) in [5.74, 6) is 0. The van der Waals surface area contributed by atoms with E-state index in [-0.39, 0.29) is 6.04 Å². The van der Waals surface area contributed by atoms with E-state index in [4.69, 9.17) is 17.3 Å². The summed E-state index contributed by atoms with van der Waals surface area (Å²) in [5.41, 5.74) is 9.68. The van der Waals surface area contributed by atoms with Crippen molar-refractivity contribution in [3.63, 3.8) is 0 Å². The molecule has 1 atom stereocenters. The van der Waals surface area contributed by atoms with Gasteiger partial charge >= 0.3 is 0 Å². The number of hydrogen-bond acceptors (Lipinski definition) is 2. The molecule has 0 fully saturated rings. The first kappa shape index (κ1) is 14.9. The zero-order valence-electron chi connectivity index (χ0n) is 12.0. The van der Waals surface area contributed by atoms with E-state index >= 15 is 0 Å². The predicted molar refractivity (Wildman–Crippen MR) is 87.2 cm³/mol. The second kappa shape index (κ2) is 6.78. The summed E-state index contributed by atoms with van der Waals surface area (Å²) >= 11 is 6.23. The largest absolute Gasteiger partial charge is 0.370 e. The number of nitrogens with zero attached hydrogens (tertiary/aromatic N) is 1. The fourth-order valence-electron chi connectivity index (χ4n) is 2.34. The SMILES string of the molecule is CC[C@H](N)c1ccccc1N(C)Cc1ccccc1Cl. The molecule has 0 heterocycles. The molecule has 3 heteroatoms. The standard InChI is InChI=1S/C17H21ClN2/c1-3-16(19)14-9-5-7-11-17(14)20(2)12-13-8-4-6-10-15(13)18/h4-11,16H,3,12,19H2,1-2H3/t16-/m0/s1. The van der Waals surface area contributed by atoms with Crippen molar-refractivity contribution >= 4 is 17.3 Å². The molecule has 0 saturated carbocycles. The maximum Gasteiger partial charge on any atom is 0.0455 e. The minimum Gasteiger partial charge on any atom is -0.370 e. The van der Waals surface area contributed by atoms with Gasteiger partial charge in [-0.05, 0) is 29.7 Å². The Morgan fingerprint density at radius 2 is 1.75 bits per heavy atom. The molecule has 20 heavy (non-hydrogen) atoms. The van der Waals surface area contributed by atoms with E-state index in [0.29, 0.717) is 0 Å². The molecule has 0 aliphatic carbocycles. The first-order valence-corrected chi connectivity index (χ1v) is 7.30. The summed E-state index contributed by atoms with van der Waals surface area (Å²) in [6, 6.07) is 16.3. The van der Waals surface area contributed by atoms with Gasteiger partial charge in [0.05, 0.1) is 0 Å². The number of anilines is 1. The van der Waals surface area contributed by atoms with Gasteiger partial charge in [-0.25, -0.2) is 0 Å². The summed E-state index contributed by atoms with van der Waals surface area (Å²) < 4.78 is 0. The Labute approximate surface area is 126 Å². The Bertz CT molecular complexity index is 568. The van der Waals surface area contributed by atoms with Crippen LogP contribution in [0.4, 0.5) is 5.69 Å². The second-order valence-electron chi connectivity index (χ2n) is 5.02. The third-order valence-electron chi connectivity index (χ3n) is 3.55. The molecule has 2 rings (SSSR count). The van der Waals surface area contributed by atoms with Crippen LogP contribution in [0, 0.1) is 0 Å². The lowest BCUT2D eigenvalue weighted by Gasteiger charge is -2.25. The maximum absolute atomic E-state index is 6.23. The minimum atomic E-state index is 0.0693. The van der Waals surface area contributed by atoms with Crippen LogP contribution in [0.3, 0.4) is 0 Å². The van der Waals surface area contributed by atoms with Gasteiger partial charge in [0.15, 0.2) is 0 Å². The number of nitrogens with two attached hydrogens (primary N) is 1. The Morgan fingerprint density at radius 3 is 2.45 bits per heavy atom. The molecule has 0 radical (unpaired) electrons. The summed E-state index contributed by atoms with van der Waals surface area (Å²) in [7, 11) is 2.07. The van der Waals surface area contributed by atoms with Gasteiger partial charge in [-0.3, -0.25) is 0 Å². The van der Waals surface area contributed by atoms with Crippen LogP contribution < -0.4 is 10.6 Å². The van der Waals surface area contributed by atoms with E-state index < -0.39 is 0 Å². The van der Waals surface area contributed by atoms with Crippen LogP contribution in [0.2, 0.25) is 5.02 Å². The fraction of sp³-hybridized carbons (Fsp3) is 0.294. The highest BCUT2D eigenvalue weighted by Crippen LogP contribution is 2.28. The average Bonchev–Trinajstić information content (AvgIpc) is 2.48. The molecule has 0 spiro atoms. The Balaban J connectivity index is 2.26. The molecular weight excluding hydrogens is 268 g/mol. The van der Waals surface area contributed by atoms with Crippen LogP contribution in [0.1, 0.15) is 30.5 Å². The molecule has 0 aliphatic rings. The molecule has 0 aliphatic heterocycles. The molecule has 0 unspecified atom stereocenters. The van der Waals surface area contributed by atoms with Crippen LogP contribution in [0.15, 0.2) is 48.5 Å². The van der Waals surface area contributed by atoms with Crippen LogP contribution in [0.5, 0.6) is 0 Å². The topological polar surface area (TPSA) is 29.3 Å². The summed E-state index contributed by atoms with van der Waals surface area (Å²) in [5, 5.41) is 0.802. The molecular formula is C17H21ClN2. The van der Waals surface area contributed by atoms with Gasteiger partial charge in [-0.15, -0.1) is 0 Å². The molecule has 0 amide bonds. The van der Waals surface area contributed by atoms with Crippen molar-refractivity contribution in [3.8, 4) is 0 Å². The van der Waals surface area contributed by atoms with Crippen LogP contribution in [-0.2, 0) is 6.54 Å². The van der Waals surface area contributed by atoms with Crippen LogP contribution in [0.25, 0.3) is 0 Å². The summed E-state index contributed by atoms with van der Waals surface area (Å²) in [6.45, 7) is 2.88. The lowest BCUT2D eigenvalue weighted by atomic mass is 10.0. The number of para-hydroxylation sites is 1. The van der Waals surface area contributed by atoms with Gasteiger partial charge in [-0.1, -0.05) is 54.9 Å². The Morgan fingerprint density at radius 1 is 1.10 bits per heavy atom. The molecule has 106 valence electrons. The van der Waals surface area contributed by atoms with E-state index in [1.54, 1.807) is 0 Å². The molecule has 2 aromatic rings. The van der Waals surface area contributed by atoms with E-state index in [0.717, 1.165) is 23.6 Å². The fourth-order valence-corrected chi connectivity index (χ4v) is 2.53. The van der Waals surface area contributed by atoms with E-state index in [1.165, 1.54) is 11.3 Å². The number of halogens is 1. The molecule has 0 aromatic heterocycles. The highest BCUT2D eigenvalue weighted by Gasteiger charge is 2.13. The second-order valence-corrected chi connectivity index (χ2v) is 5.43. The van der Waals surface area contributed by atoms with Crippen molar-refractivity contribution in [1.29, 1.82) is 0 Å². The van der Waals surface area contributed by atoms with Crippen molar-refractivity contribution in [1.82, 2.24) is 0 Å². The van der Waals surface area contributed by atoms with Crippen molar-refractivity contribution in [2.75, 3.05) is 11.9 Å². The number of rotatable bonds is 5. The number of hydrogen-bond donors (Lipinski definition) is 1. The normalized spacial score (nSPS) is 12.2. The first-order valence-electron chi connectivity index (χ1n) is 6.92. The highest BCUT2D eigenvalue weighted by molar-refractivity contribution is 6.31.